The van der Waals surface area contributed by atoms with Gasteiger partial charge in [0.15, 0.2) is 0 Å². The van der Waals surface area contributed by atoms with Crippen LogP contribution in [0.5, 0.6) is 0 Å². The summed E-state index contributed by atoms with van der Waals surface area (Å²) < 4.78 is 0. The summed E-state index contributed by atoms with van der Waals surface area (Å²) >= 11 is 0. The number of amides is 1. The predicted octanol–water partition coefficient (Wildman–Crippen LogP) is 1.02. The summed E-state index contributed by atoms with van der Waals surface area (Å²) in [5.74, 6) is 0.130. The highest BCUT2D eigenvalue weighted by atomic mass is 16.1. The molecule has 0 bridgehead atoms. The normalized spacial score (nSPS) is 22.7. The van der Waals surface area contributed by atoms with Crippen molar-refractivity contribution < 1.29 is 4.79 Å². The third kappa shape index (κ3) is 2.54. The monoisotopic (exact) mass is 245 g/mol. The van der Waals surface area contributed by atoms with Crippen LogP contribution in [-0.2, 0) is 17.8 Å². The Morgan fingerprint density at radius 2 is 2.28 bits per heavy atom. The zero-order valence-corrected chi connectivity index (χ0v) is 10.5. The molecular weight excluding hydrogens is 226 g/mol. The number of rotatable bonds is 3. The van der Waals surface area contributed by atoms with Crippen LogP contribution in [0, 0.1) is 0 Å². The largest absolute Gasteiger partial charge is 0.326 e. The van der Waals surface area contributed by atoms with Gasteiger partial charge in [-0.25, -0.2) is 0 Å². The number of hydrogen-bond acceptors (Lipinski definition) is 3. The molecule has 2 aliphatic heterocycles. The summed E-state index contributed by atoms with van der Waals surface area (Å²) in [6.45, 7) is 3.10. The molecular formula is C14H19N3O. The quantitative estimate of drug-likeness (QED) is 0.745. The summed E-state index contributed by atoms with van der Waals surface area (Å²) in [6.07, 6.45) is 2.68. The van der Waals surface area contributed by atoms with Crippen molar-refractivity contribution in [3.8, 4) is 0 Å². The third-order valence-corrected chi connectivity index (χ3v) is 3.72. The Labute approximate surface area is 107 Å². The SMILES string of the molecule is O=C1CCc2cc(CNC3CCNC3)ccc2N1. The number of nitrogens with one attached hydrogen (secondary N) is 3. The fourth-order valence-electron chi connectivity index (χ4n) is 2.64. The van der Waals surface area contributed by atoms with Crippen molar-refractivity contribution in [3.05, 3.63) is 29.3 Å². The van der Waals surface area contributed by atoms with Gasteiger partial charge >= 0.3 is 0 Å². The van der Waals surface area contributed by atoms with Crippen molar-refractivity contribution >= 4 is 11.6 Å². The van der Waals surface area contributed by atoms with Crippen LogP contribution in [0.15, 0.2) is 18.2 Å². The van der Waals surface area contributed by atoms with Gasteiger partial charge in [0.05, 0.1) is 0 Å². The molecule has 1 amide bonds. The Hall–Kier alpha value is -1.39. The first-order valence-corrected chi connectivity index (χ1v) is 6.67. The molecule has 1 saturated heterocycles. The molecule has 0 aromatic heterocycles. The van der Waals surface area contributed by atoms with E-state index in [2.05, 4.69) is 28.1 Å². The fraction of sp³-hybridized carbons (Fsp3) is 0.500. The molecule has 1 aromatic carbocycles. The Balaban J connectivity index is 1.64. The van der Waals surface area contributed by atoms with Crippen LogP contribution in [0.2, 0.25) is 0 Å². The molecule has 0 aliphatic carbocycles. The zero-order chi connectivity index (χ0) is 12.4. The summed E-state index contributed by atoms with van der Waals surface area (Å²) in [7, 11) is 0. The maximum Gasteiger partial charge on any atom is 0.224 e. The molecule has 0 radical (unpaired) electrons. The molecule has 2 aliphatic rings. The van der Waals surface area contributed by atoms with Crippen LogP contribution in [0.25, 0.3) is 0 Å². The van der Waals surface area contributed by atoms with Crippen LogP contribution < -0.4 is 16.0 Å². The number of benzene rings is 1. The van der Waals surface area contributed by atoms with E-state index in [1.807, 2.05) is 6.07 Å². The number of anilines is 1. The summed E-state index contributed by atoms with van der Waals surface area (Å²) in [6, 6.07) is 6.93. The minimum atomic E-state index is 0.130. The lowest BCUT2D eigenvalue weighted by atomic mass is 10.0. The molecule has 0 saturated carbocycles. The first-order chi connectivity index (χ1) is 8.81. The van der Waals surface area contributed by atoms with E-state index in [1.165, 1.54) is 17.5 Å². The number of hydrogen-bond donors (Lipinski definition) is 3. The average molecular weight is 245 g/mol. The van der Waals surface area contributed by atoms with Crippen molar-refractivity contribution in [1.29, 1.82) is 0 Å². The van der Waals surface area contributed by atoms with Gasteiger partial charge in [0.25, 0.3) is 0 Å². The van der Waals surface area contributed by atoms with E-state index in [0.717, 1.165) is 31.7 Å². The standard InChI is InChI=1S/C14H19N3O/c18-14-4-2-11-7-10(1-3-13(11)17-14)8-16-12-5-6-15-9-12/h1,3,7,12,15-16H,2,4-6,8-9H2,(H,17,18). The zero-order valence-electron chi connectivity index (χ0n) is 10.5. The lowest BCUT2D eigenvalue weighted by Gasteiger charge is -2.18. The topological polar surface area (TPSA) is 53.2 Å². The van der Waals surface area contributed by atoms with E-state index in [9.17, 15) is 4.79 Å². The molecule has 0 spiro atoms. The maximum atomic E-state index is 11.3. The van der Waals surface area contributed by atoms with Gasteiger partial charge in [-0.2, -0.15) is 0 Å². The van der Waals surface area contributed by atoms with E-state index in [-0.39, 0.29) is 5.91 Å². The van der Waals surface area contributed by atoms with E-state index in [1.54, 1.807) is 0 Å². The smallest absolute Gasteiger partial charge is 0.224 e. The summed E-state index contributed by atoms with van der Waals surface area (Å²) in [5.41, 5.74) is 3.55. The highest BCUT2D eigenvalue weighted by molar-refractivity contribution is 5.93. The first kappa shape index (κ1) is 11.7. The van der Waals surface area contributed by atoms with Crippen LogP contribution in [0.3, 0.4) is 0 Å². The minimum absolute atomic E-state index is 0.130. The lowest BCUT2D eigenvalue weighted by Crippen LogP contribution is -2.30. The van der Waals surface area contributed by atoms with Gasteiger partial charge in [0, 0.05) is 31.2 Å². The average Bonchev–Trinajstić information content (AvgIpc) is 2.89. The van der Waals surface area contributed by atoms with Crippen LogP contribution in [-0.4, -0.2) is 25.0 Å². The van der Waals surface area contributed by atoms with Crippen LogP contribution >= 0.6 is 0 Å². The Morgan fingerprint density at radius 1 is 1.33 bits per heavy atom. The van der Waals surface area contributed by atoms with Crippen molar-refractivity contribution in [2.45, 2.75) is 31.8 Å². The highest BCUT2D eigenvalue weighted by Crippen LogP contribution is 2.23. The number of fused-ring (bicyclic) bond motifs is 1. The Kier molecular flexibility index (Phi) is 3.30. The van der Waals surface area contributed by atoms with Gasteiger partial charge in [0.2, 0.25) is 5.91 Å². The predicted molar refractivity (Wildman–Crippen MR) is 71.5 cm³/mol. The summed E-state index contributed by atoms with van der Waals surface area (Å²) in [4.78, 5) is 11.3. The summed E-state index contributed by atoms with van der Waals surface area (Å²) in [5, 5.41) is 9.83. The molecule has 96 valence electrons. The van der Waals surface area contributed by atoms with Crippen molar-refractivity contribution in [1.82, 2.24) is 10.6 Å². The number of carbonyl (C=O) groups is 1. The Bertz CT molecular complexity index is 452. The second-order valence-corrected chi connectivity index (χ2v) is 5.11. The molecule has 18 heavy (non-hydrogen) atoms. The van der Waals surface area contributed by atoms with E-state index in [4.69, 9.17) is 0 Å². The first-order valence-electron chi connectivity index (χ1n) is 6.67. The number of carbonyl (C=O) groups excluding carboxylic acids is 1. The van der Waals surface area contributed by atoms with E-state index in [0.29, 0.717) is 12.5 Å². The second kappa shape index (κ2) is 5.08. The maximum absolute atomic E-state index is 11.3. The lowest BCUT2D eigenvalue weighted by molar-refractivity contribution is -0.116. The molecule has 4 heteroatoms. The molecule has 1 aromatic rings. The number of aryl methyl sites for hydroxylation is 1. The fourth-order valence-corrected chi connectivity index (χ4v) is 2.64. The van der Waals surface area contributed by atoms with Crippen LogP contribution in [0.1, 0.15) is 24.0 Å². The van der Waals surface area contributed by atoms with Gasteiger partial charge < -0.3 is 16.0 Å². The molecule has 4 nitrogen and oxygen atoms in total. The van der Waals surface area contributed by atoms with Gasteiger partial charge in [-0.3, -0.25) is 4.79 Å². The molecule has 1 fully saturated rings. The molecule has 2 heterocycles. The molecule has 3 N–H and O–H groups in total. The van der Waals surface area contributed by atoms with Crippen molar-refractivity contribution in [2.75, 3.05) is 18.4 Å². The third-order valence-electron chi connectivity index (χ3n) is 3.72. The minimum Gasteiger partial charge on any atom is -0.326 e. The van der Waals surface area contributed by atoms with Crippen molar-refractivity contribution in [2.24, 2.45) is 0 Å². The van der Waals surface area contributed by atoms with Crippen LogP contribution in [0.4, 0.5) is 5.69 Å². The van der Waals surface area contributed by atoms with Gasteiger partial charge in [-0.15, -0.1) is 0 Å². The van der Waals surface area contributed by atoms with E-state index >= 15 is 0 Å². The van der Waals surface area contributed by atoms with Gasteiger partial charge in [-0.1, -0.05) is 12.1 Å². The molecule has 3 rings (SSSR count). The van der Waals surface area contributed by atoms with E-state index < -0.39 is 0 Å². The van der Waals surface area contributed by atoms with Crippen molar-refractivity contribution in [3.63, 3.8) is 0 Å². The Morgan fingerprint density at radius 3 is 3.11 bits per heavy atom. The molecule has 1 unspecified atom stereocenters. The van der Waals surface area contributed by atoms with Gasteiger partial charge in [-0.05, 0) is 36.6 Å². The molecule has 1 atom stereocenters. The van der Waals surface area contributed by atoms with Gasteiger partial charge in [0.1, 0.15) is 0 Å². The highest BCUT2D eigenvalue weighted by Gasteiger charge is 2.16. The second-order valence-electron chi connectivity index (χ2n) is 5.11.